The molecule has 0 aromatic heterocycles. The van der Waals surface area contributed by atoms with Gasteiger partial charge in [0.1, 0.15) is 11.8 Å². The van der Waals surface area contributed by atoms with Crippen LogP contribution in [0.5, 0.6) is 5.75 Å². The van der Waals surface area contributed by atoms with Crippen molar-refractivity contribution >= 4 is 5.91 Å². The first-order chi connectivity index (χ1) is 8.33. The number of amides is 1. The topological polar surface area (TPSA) is 62.1 Å². The Kier molecular flexibility index (Phi) is 4.33. The molecule has 0 aliphatic heterocycles. The first-order valence-corrected chi connectivity index (χ1v) is 5.81. The van der Waals surface area contributed by atoms with Crippen molar-refractivity contribution in [2.24, 2.45) is 0 Å². The van der Waals surface area contributed by atoms with Crippen LogP contribution in [-0.2, 0) is 4.79 Å². The number of para-hydroxylation sites is 1. The van der Waals surface area contributed by atoms with Crippen LogP contribution in [0, 0.1) is 11.3 Å². The van der Waals surface area contributed by atoms with Gasteiger partial charge in [-0.15, -0.1) is 0 Å². The zero-order valence-corrected chi connectivity index (χ0v) is 11.2. The lowest BCUT2D eigenvalue weighted by molar-refractivity contribution is -0.128. The Balaban J connectivity index is 2.73. The molecular formula is C14H18N2O2. The van der Waals surface area contributed by atoms with E-state index in [9.17, 15) is 4.79 Å². The molecular weight excluding hydrogens is 228 g/mol. The van der Waals surface area contributed by atoms with Crippen molar-refractivity contribution in [3.8, 4) is 11.8 Å². The SMILES string of the molecule is CC(Oc1ccccc1C#N)C(=O)NC(C)(C)C. The third-order valence-corrected chi connectivity index (χ3v) is 2.18. The fourth-order valence-electron chi connectivity index (χ4n) is 1.38. The predicted molar refractivity (Wildman–Crippen MR) is 69.1 cm³/mol. The minimum Gasteiger partial charge on any atom is -0.480 e. The summed E-state index contributed by atoms with van der Waals surface area (Å²) >= 11 is 0. The lowest BCUT2D eigenvalue weighted by Gasteiger charge is -2.23. The highest BCUT2D eigenvalue weighted by molar-refractivity contribution is 5.81. The van der Waals surface area contributed by atoms with Crippen LogP contribution >= 0.6 is 0 Å². The van der Waals surface area contributed by atoms with E-state index in [0.29, 0.717) is 11.3 Å². The van der Waals surface area contributed by atoms with Crippen molar-refractivity contribution in [1.82, 2.24) is 5.32 Å². The molecule has 0 radical (unpaired) electrons. The number of carbonyl (C=O) groups is 1. The van der Waals surface area contributed by atoms with E-state index in [0.717, 1.165) is 0 Å². The molecule has 96 valence electrons. The molecule has 0 heterocycles. The summed E-state index contributed by atoms with van der Waals surface area (Å²) in [4.78, 5) is 11.8. The van der Waals surface area contributed by atoms with Gasteiger partial charge in [-0.05, 0) is 39.8 Å². The van der Waals surface area contributed by atoms with E-state index in [-0.39, 0.29) is 11.4 Å². The maximum absolute atomic E-state index is 11.8. The smallest absolute Gasteiger partial charge is 0.261 e. The van der Waals surface area contributed by atoms with Crippen molar-refractivity contribution in [3.05, 3.63) is 29.8 Å². The van der Waals surface area contributed by atoms with Crippen LogP contribution < -0.4 is 10.1 Å². The molecule has 18 heavy (non-hydrogen) atoms. The molecule has 4 heteroatoms. The molecule has 0 fully saturated rings. The van der Waals surface area contributed by atoms with E-state index >= 15 is 0 Å². The summed E-state index contributed by atoms with van der Waals surface area (Å²) in [5.41, 5.74) is 0.122. The van der Waals surface area contributed by atoms with Crippen LogP contribution in [0.4, 0.5) is 0 Å². The molecule has 1 atom stereocenters. The Morgan fingerprint density at radius 3 is 2.56 bits per heavy atom. The number of rotatable bonds is 3. The second-order valence-corrected chi connectivity index (χ2v) is 5.11. The summed E-state index contributed by atoms with van der Waals surface area (Å²) in [7, 11) is 0. The zero-order chi connectivity index (χ0) is 13.8. The number of nitrogens with zero attached hydrogens (tertiary/aromatic N) is 1. The number of hydrogen-bond acceptors (Lipinski definition) is 3. The highest BCUT2D eigenvalue weighted by Gasteiger charge is 2.21. The van der Waals surface area contributed by atoms with E-state index in [1.165, 1.54) is 0 Å². The normalized spacial score (nSPS) is 12.4. The van der Waals surface area contributed by atoms with Gasteiger partial charge in [-0.25, -0.2) is 0 Å². The monoisotopic (exact) mass is 246 g/mol. The van der Waals surface area contributed by atoms with Crippen molar-refractivity contribution in [2.75, 3.05) is 0 Å². The number of nitrogens with one attached hydrogen (secondary N) is 1. The van der Waals surface area contributed by atoms with Gasteiger partial charge in [0, 0.05) is 5.54 Å². The lowest BCUT2D eigenvalue weighted by Crippen LogP contribution is -2.46. The first-order valence-electron chi connectivity index (χ1n) is 5.81. The van der Waals surface area contributed by atoms with Crippen molar-refractivity contribution < 1.29 is 9.53 Å². The van der Waals surface area contributed by atoms with Crippen LogP contribution in [-0.4, -0.2) is 17.6 Å². The fourth-order valence-corrected chi connectivity index (χ4v) is 1.38. The summed E-state index contributed by atoms with van der Waals surface area (Å²) in [6.07, 6.45) is -0.640. The molecule has 1 aromatic carbocycles. The molecule has 1 unspecified atom stereocenters. The highest BCUT2D eigenvalue weighted by Crippen LogP contribution is 2.18. The quantitative estimate of drug-likeness (QED) is 0.889. The minimum absolute atomic E-state index is 0.199. The maximum atomic E-state index is 11.8. The van der Waals surface area contributed by atoms with Gasteiger partial charge in [0.05, 0.1) is 5.56 Å². The average molecular weight is 246 g/mol. The highest BCUT2D eigenvalue weighted by atomic mass is 16.5. The molecule has 4 nitrogen and oxygen atoms in total. The van der Waals surface area contributed by atoms with Gasteiger partial charge in [-0.1, -0.05) is 12.1 Å². The van der Waals surface area contributed by atoms with Crippen molar-refractivity contribution in [2.45, 2.75) is 39.3 Å². The van der Waals surface area contributed by atoms with Gasteiger partial charge < -0.3 is 10.1 Å². The molecule has 0 aliphatic rings. The van der Waals surface area contributed by atoms with Crippen LogP contribution in [0.3, 0.4) is 0 Å². The molecule has 0 spiro atoms. The first kappa shape index (κ1) is 14.0. The zero-order valence-electron chi connectivity index (χ0n) is 11.2. The standard InChI is InChI=1S/C14H18N2O2/c1-10(13(17)16-14(2,3)4)18-12-8-6-5-7-11(12)9-15/h5-8,10H,1-4H3,(H,16,17). The second-order valence-electron chi connectivity index (χ2n) is 5.11. The predicted octanol–water partition coefficient (Wildman–Crippen LogP) is 2.24. The number of benzene rings is 1. The van der Waals surface area contributed by atoms with E-state index in [2.05, 4.69) is 5.32 Å². The van der Waals surface area contributed by atoms with Gasteiger partial charge in [-0.2, -0.15) is 5.26 Å². The Hall–Kier alpha value is -2.02. The largest absolute Gasteiger partial charge is 0.480 e. The summed E-state index contributed by atoms with van der Waals surface area (Å²) in [5.74, 6) is 0.229. The molecule has 1 rings (SSSR count). The lowest BCUT2D eigenvalue weighted by atomic mass is 10.1. The van der Waals surface area contributed by atoms with E-state index < -0.39 is 6.10 Å². The maximum Gasteiger partial charge on any atom is 0.261 e. The van der Waals surface area contributed by atoms with Gasteiger partial charge in [0.25, 0.3) is 5.91 Å². The molecule has 0 aliphatic carbocycles. The summed E-state index contributed by atoms with van der Waals surface area (Å²) < 4.78 is 5.51. The Bertz CT molecular complexity index is 469. The summed E-state index contributed by atoms with van der Waals surface area (Å²) in [5, 5.41) is 11.8. The van der Waals surface area contributed by atoms with Gasteiger partial charge in [0.15, 0.2) is 6.10 Å². The molecule has 0 bridgehead atoms. The third-order valence-electron chi connectivity index (χ3n) is 2.18. The Morgan fingerprint density at radius 2 is 2.00 bits per heavy atom. The third kappa shape index (κ3) is 4.10. The van der Waals surface area contributed by atoms with Gasteiger partial charge in [0.2, 0.25) is 0 Å². The number of nitriles is 1. The molecule has 0 saturated carbocycles. The van der Waals surface area contributed by atoms with E-state index in [1.54, 1.807) is 31.2 Å². The molecule has 0 saturated heterocycles. The minimum atomic E-state index is -0.640. The van der Waals surface area contributed by atoms with E-state index in [4.69, 9.17) is 10.00 Å². The second kappa shape index (κ2) is 5.54. The molecule has 1 N–H and O–H groups in total. The fraction of sp³-hybridized carbons (Fsp3) is 0.429. The van der Waals surface area contributed by atoms with Crippen molar-refractivity contribution in [1.29, 1.82) is 5.26 Å². The number of ether oxygens (including phenoxy) is 1. The summed E-state index contributed by atoms with van der Waals surface area (Å²) in [6, 6.07) is 8.89. The molecule has 1 amide bonds. The number of carbonyl (C=O) groups excluding carboxylic acids is 1. The Morgan fingerprint density at radius 1 is 1.39 bits per heavy atom. The van der Waals surface area contributed by atoms with Crippen LogP contribution in [0.15, 0.2) is 24.3 Å². The van der Waals surface area contributed by atoms with E-state index in [1.807, 2.05) is 26.8 Å². The van der Waals surface area contributed by atoms with Crippen molar-refractivity contribution in [3.63, 3.8) is 0 Å². The summed E-state index contributed by atoms with van der Waals surface area (Å²) in [6.45, 7) is 7.37. The van der Waals surface area contributed by atoms with Crippen LogP contribution in [0.1, 0.15) is 33.3 Å². The Labute approximate surface area is 108 Å². The van der Waals surface area contributed by atoms with Crippen LogP contribution in [0.2, 0.25) is 0 Å². The molecule has 1 aromatic rings. The number of hydrogen-bond donors (Lipinski definition) is 1. The average Bonchev–Trinajstić information content (AvgIpc) is 2.27. The van der Waals surface area contributed by atoms with Gasteiger partial charge >= 0.3 is 0 Å². The van der Waals surface area contributed by atoms with Gasteiger partial charge in [-0.3, -0.25) is 4.79 Å². The van der Waals surface area contributed by atoms with Crippen LogP contribution in [0.25, 0.3) is 0 Å².